The zero-order valence-electron chi connectivity index (χ0n) is 9.87. The molecule has 18 heavy (non-hydrogen) atoms. The van der Waals surface area contributed by atoms with Crippen LogP contribution in [0.15, 0.2) is 0 Å². The maximum atomic E-state index is 10.4. The Labute approximate surface area is 118 Å². The summed E-state index contributed by atoms with van der Waals surface area (Å²) in [6.45, 7) is 0.813. The van der Waals surface area contributed by atoms with Gasteiger partial charge in [-0.25, -0.2) is 0 Å². The van der Waals surface area contributed by atoms with Crippen molar-refractivity contribution in [2.45, 2.75) is 31.3 Å². The van der Waals surface area contributed by atoms with E-state index in [1.807, 2.05) is 0 Å². The van der Waals surface area contributed by atoms with Gasteiger partial charge in [-0.1, -0.05) is 6.42 Å². The van der Waals surface area contributed by atoms with Gasteiger partial charge in [0.15, 0.2) is 0 Å². The molecule has 0 aliphatic heterocycles. The molecule has 0 saturated carbocycles. The van der Waals surface area contributed by atoms with E-state index in [1.165, 1.54) is 0 Å². The zero-order valence-corrected chi connectivity index (χ0v) is 11.5. The molecule has 0 rings (SSSR count). The number of nitrogens with one attached hydrogen (secondary N) is 1. The third-order valence-electron chi connectivity index (χ3n) is 2.12. The number of halogens is 2. The van der Waals surface area contributed by atoms with Gasteiger partial charge in [-0.2, -0.15) is 0 Å². The first kappa shape index (κ1) is 22.6. The first-order valence-electron chi connectivity index (χ1n) is 5.12. The van der Waals surface area contributed by atoms with E-state index in [4.69, 9.17) is 21.7 Å². The zero-order chi connectivity index (χ0) is 12.6. The fourth-order valence-electron chi connectivity index (χ4n) is 1.08. The maximum Gasteiger partial charge on any atom is 0.321 e. The van der Waals surface area contributed by atoms with E-state index in [2.05, 4.69) is 5.32 Å². The maximum absolute atomic E-state index is 10.4. The topological polar surface area (TPSA) is 139 Å². The van der Waals surface area contributed by atoms with Gasteiger partial charge in [0.2, 0.25) is 0 Å². The summed E-state index contributed by atoms with van der Waals surface area (Å²) in [5.41, 5.74) is 10.6. The fraction of sp³-hybridized carbons (Fsp3) is 0.778. The normalized spacial score (nSPS) is 12.8. The molecule has 0 aromatic rings. The number of hydrogen-bond donors (Lipinski definition) is 5. The van der Waals surface area contributed by atoms with Gasteiger partial charge in [0.25, 0.3) is 0 Å². The Hall–Kier alpha value is -0.600. The minimum atomic E-state index is -1.04. The molecule has 0 heterocycles. The van der Waals surface area contributed by atoms with Crippen molar-refractivity contribution in [1.29, 1.82) is 0 Å². The SMILES string of the molecule is Cl.Cl.NC(CCCCNCC(N)C(=O)O)C(=O)O. The Morgan fingerprint density at radius 2 is 1.50 bits per heavy atom. The van der Waals surface area contributed by atoms with Crippen LogP contribution in [0.4, 0.5) is 0 Å². The van der Waals surface area contributed by atoms with E-state index in [0.717, 1.165) is 6.42 Å². The third-order valence-corrected chi connectivity index (χ3v) is 2.12. The molecule has 0 aliphatic rings. The first-order valence-corrected chi connectivity index (χ1v) is 5.12. The summed E-state index contributed by atoms with van der Waals surface area (Å²) < 4.78 is 0. The van der Waals surface area contributed by atoms with Gasteiger partial charge >= 0.3 is 11.9 Å². The van der Waals surface area contributed by atoms with Crippen LogP contribution < -0.4 is 16.8 Å². The number of carboxylic acids is 2. The van der Waals surface area contributed by atoms with Crippen LogP contribution >= 0.6 is 24.8 Å². The van der Waals surface area contributed by atoms with Crippen LogP contribution in [0.1, 0.15) is 19.3 Å². The molecule has 9 heteroatoms. The number of unbranched alkanes of at least 4 members (excludes halogenated alkanes) is 1. The van der Waals surface area contributed by atoms with E-state index in [9.17, 15) is 9.59 Å². The van der Waals surface area contributed by atoms with Crippen molar-refractivity contribution >= 4 is 36.8 Å². The van der Waals surface area contributed by atoms with E-state index in [1.54, 1.807) is 0 Å². The highest BCUT2D eigenvalue weighted by molar-refractivity contribution is 5.85. The van der Waals surface area contributed by atoms with Crippen LogP contribution in [0.3, 0.4) is 0 Å². The average molecular weight is 306 g/mol. The number of hydrogen-bond acceptors (Lipinski definition) is 5. The molecule has 7 nitrogen and oxygen atoms in total. The number of carbonyl (C=O) groups is 2. The second-order valence-corrected chi connectivity index (χ2v) is 3.59. The molecule has 0 amide bonds. The summed E-state index contributed by atoms with van der Waals surface area (Å²) in [5, 5.41) is 19.8. The summed E-state index contributed by atoms with van der Waals surface area (Å²) in [6.07, 6.45) is 1.85. The van der Waals surface area contributed by atoms with Gasteiger partial charge in [-0.05, 0) is 19.4 Å². The highest BCUT2D eigenvalue weighted by atomic mass is 35.5. The van der Waals surface area contributed by atoms with Crippen molar-refractivity contribution in [2.24, 2.45) is 11.5 Å². The Morgan fingerprint density at radius 3 is 1.94 bits per heavy atom. The lowest BCUT2D eigenvalue weighted by Crippen LogP contribution is -2.40. The number of carboxylic acid groups (broad SMARTS) is 2. The van der Waals surface area contributed by atoms with E-state index >= 15 is 0 Å². The molecular weight excluding hydrogens is 285 g/mol. The molecular formula is C9H21Cl2N3O4. The van der Waals surface area contributed by atoms with Gasteiger partial charge in [-0.15, -0.1) is 24.8 Å². The molecule has 110 valence electrons. The minimum absolute atomic E-state index is 0. The fourth-order valence-corrected chi connectivity index (χ4v) is 1.08. The highest BCUT2D eigenvalue weighted by Crippen LogP contribution is 1.98. The van der Waals surface area contributed by atoms with Crippen LogP contribution in [0, 0.1) is 0 Å². The van der Waals surface area contributed by atoms with Crippen molar-refractivity contribution < 1.29 is 19.8 Å². The lowest BCUT2D eigenvalue weighted by molar-refractivity contribution is -0.139. The molecule has 0 saturated heterocycles. The molecule has 2 unspecified atom stereocenters. The van der Waals surface area contributed by atoms with Crippen LogP contribution in [-0.2, 0) is 9.59 Å². The lowest BCUT2D eigenvalue weighted by Gasteiger charge is -2.09. The summed E-state index contributed by atoms with van der Waals surface area (Å²) in [7, 11) is 0. The number of rotatable bonds is 9. The molecule has 0 bridgehead atoms. The summed E-state index contributed by atoms with van der Waals surface area (Å²) in [5.74, 6) is -2.04. The Balaban J connectivity index is -0.00000112. The highest BCUT2D eigenvalue weighted by Gasteiger charge is 2.11. The van der Waals surface area contributed by atoms with Crippen LogP contribution in [0.2, 0.25) is 0 Å². The van der Waals surface area contributed by atoms with Crippen LogP contribution in [-0.4, -0.2) is 47.3 Å². The van der Waals surface area contributed by atoms with Gasteiger partial charge in [0.1, 0.15) is 12.1 Å². The third kappa shape index (κ3) is 11.9. The van der Waals surface area contributed by atoms with Gasteiger partial charge in [0.05, 0.1) is 0 Å². The average Bonchev–Trinajstić information content (AvgIpc) is 2.21. The van der Waals surface area contributed by atoms with Crippen LogP contribution in [0.25, 0.3) is 0 Å². The molecule has 0 radical (unpaired) electrons. The Bertz CT molecular complexity index is 220. The Morgan fingerprint density at radius 1 is 1.00 bits per heavy atom. The standard InChI is InChI=1S/C9H19N3O4.2ClH/c10-6(8(13)14)3-1-2-4-12-5-7(11)9(15)16;;/h6-7,12H,1-5,10-11H2,(H,13,14)(H,15,16);2*1H. The monoisotopic (exact) mass is 305 g/mol. The minimum Gasteiger partial charge on any atom is -0.480 e. The molecule has 7 N–H and O–H groups in total. The van der Waals surface area contributed by atoms with Crippen molar-refractivity contribution in [3.8, 4) is 0 Å². The molecule has 0 aromatic carbocycles. The predicted octanol–water partition coefficient (Wildman–Crippen LogP) is -0.586. The molecule has 0 aromatic heterocycles. The van der Waals surface area contributed by atoms with Crippen LogP contribution in [0.5, 0.6) is 0 Å². The number of aliphatic carboxylic acids is 2. The van der Waals surface area contributed by atoms with Gasteiger partial charge in [0, 0.05) is 6.54 Å². The van der Waals surface area contributed by atoms with Crippen molar-refractivity contribution in [3.05, 3.63) is 0 Å². The molecule has 0 fully saturated rings. The largest absolute Gasteiger partial charge is 0.480 e. The Kier molecular flexibility index (Phi) is 16.1. The number of nitrogens with two attached hydrogens (primary N) is 2. The molecule has 0 aliphatic carbocycles. The summed E-state index contributed by atoms with van der Waals surface area (Å²) in [4.78, 5) is 20.7. The second-order valence-electron chi connectivity index (χ2n) is 3.59. The van der Waals surface area contributed by atoms with Gasteiger partial charge < -0.3 is 27.0 Å². The predicted molar refractivity (Wildman–Crippen MR) is 72.4 cm³/mol. The molecule has 2 atom stereocenters. The van der Waals surface area contributed by atoms with E-state index in [-0.39, 0.29) is 31.4 Å². The van der Waals surface area contributed by atoms with Crippen molar-refractivity contribution in [3.63, 3.8) is 0 Å². The quantitative estimate of drug-likeness (QED) is 0.359. The first-order chi connectivity index (χ1) is 7.45. The summed E-state index contributed by atoms with van der Waals surface area (Å²) in [6, 6.07) is -1.72. The second kappa shape index (κ2) is 12.8. The van der Waals surface area contributed by atoms with Gasteiger partial charge in [-0.3, -0.25) is 9.59 Å². The lowest BCUT2D eigenvalue weighted by atomic mass is 10.1. The smallest absolute Gasteiger partial charge is 0.321 e. The molecule has 0 spiro atoms. The van der Waals surface area contributed by atoms with E-state index < -0.39 is 24.0 Å². The summed E-state index contributed by atoms with van der Waals surface area (Å²) >= 11 is 0. The van der Waals surface area contributed by atoms with Crippen molar-refractivity contribution in [1.82, 2.24) is 5.32 Å². The van der Waals surface area contributed by atoms with E-state index in [0.29, 0.717) is 19.4 Å². The van der Waals surface area contributed by atoms with Crippen molar-refractivity contribution in [2.75, 3.05) is 13.1 Å².